The molecule has 0 atom stereocenters. The van der Waals surface area contributed by atoms with E-state index in [1.807, 2.05) is 53.0 Å². The molecule has 0 aliphatic rings. The summed E-state index contributed by atoms with van der Waals surface area (Å²) in [5.74, 6) is 0.637. The number of thiophene rings is 2. The van der Waals surface area contributed by atoms with Gasteiger partial charge >= 0.3 is 0 Å². The fraction of sp³-hybridized carbons (Fsp3) is 0. The van der Waals surface area contributed by atoms with Crippen LogP contribution in [-0.2, 0) is 0 Å². The van der Waals surface area contributed by atoms with Crippen LogP contribution in [0.3, 0.4) is 0 Å². The van der Waals surface area contributed by atoms with E-state index in [1.54, 1.807) is 0 Å². The number of para-hydroxylation sites is 1. The fourth-order valence-corrected chi connectivity index (χ4v) is 10.2. The number of benzene rings is 8. The molecule has 11 rings (SSSR count). The number of aromatic nitrogens is 1. The van der Waals surface area contributed by atoms with Crippen molar-refractivity contribution in [3.8, 4) is 33.7 Å². The van der Waals surface area contributed by atoms with E-state index >= 15 is 0 Å². The lowest BCUT2D eigenvalue weighted by atomic mass is 9.99. The molecule has 0 radical (unpaired) electrons. The Morgan fingerprint density at radius 1 is 0.444 bits per heavy atom. The molecule has 3 nitrogen and oxygen atoms in total. The number of oxazole rings is 1. The molecule has 0 aliphatic carbocycles. The zero-order valence-corrected chi connectivity index (χ0v) is 30.6. The average Bonchev–Trinajstić information content (AvgIpc) is 3.96. The first-order valence-electron chi connectivity index (χ1n) is 18.0. The Morgan fingerprint density at radius 3 is 1.81 bits per heavy atom. The van der Waals surface area contributed by atoms with Crippen LogP contribution in [0.25, 0.3) is 85.2 Å². The molecule has 3 aromatic heterocycles. The zero-order valence-electron chi connectivity index (χ0n) is 28.9. The number of hydrogen-bond acceptors (Lipinski definition) is 5. The van der Waals surface area contributed by atoms with Crippen LogP contribution in [0.5, 0.6) is 0 Å². The van der Waals surface area contributed by atoms with E-state index in [0.29, 0.717) is 5.89 Å². The average molecular weight is 727 g/mol. The number of fused-ring (bicyclic) bond motifs is 8. The number of nitrogens with zero attached hydrogens (tertiary/aromatic N) is 2. The van der Waals surface area contributed by atoms with E-state index in [2.05, 4.69) is 157 Å². The lowest BCUT2D eigenvalue weighted by molar-refractivity contribution is 0.623. The third-order valence-electron chi connectivity index (χ3n) is 10.3. The van der Waals surface area contributed by atoms with Gasteiger partial charge in [0.05, 0.1) is 11.4 Å². The normalized spacial score (nSPS) is 11.7. The van der Waals surface area contributed by atoms with Crippen molar-refractivity contribution in [2.24, 2.45) is 0 Å². The van der Waals surface area contributed by atoms with Crippen LogP contribution in [0.1, 0.15) is 0 Å². The predicted octanol–water partition coefficient (Wildman–Crippen LogP) is 15.0. The smallest absolute Gasteiger partial charge is 0.227 e. The molecule has 0 spiro atoms. The second kappa shape index (κ2) is 12.6. The lowest BCUT2D eigenvalue weighted by Gasteiger charge is -2.29. The summed E-state index contributed by atoms with van der Waals surface area (Å²) in [5.41, 5.74) is 10.7. The molecular formula is C49H30N2OS2. The highest BCUT2D eigenvalue weighted by molar-refractivity contribution is 7.26. The monoisotopic (exact) mass is 726 g/mol. The maximum Gasteiger partial charge on any atom is 0.227 e. The molecule has 0 bridgehead atoms. The molecule has 0 saturated carbocycles. The second-order valence-corrected chi connectivity index (χ2v) is 15.6. The van der Waals surface area contributed by atoms with Crippen LogP contribution in [-0.4, -0.2) is 4.98 Å². The van der Waals surface area contributed by atoms with Crippen LogP contribution in [0, 0.1) is 0 Å². The summed E-state index contributed by atoms with van der Waals surface area (Å²) in [5, 5.41) is 4.85. The Kier molecular flexibility index (Phi) is 7.22. The van der Waals surface area contributed by atoms with Crippen molar-refractivity contribution in [2.75, 3.05) is 4.90 Å². The van der Waals surface area contributed by atoms with Gasteiger partial charge in [0.15, 0.2) is 5.58 Å². The molecule has 0 fully saturated rings. The van der Waals surface area contributed by atoms with Gasteiger partial charge in [-0.15, -0.1) is 22.7 Å². The summed E-state index contributed by atoms with van der Waals surface area (Å²) in [6.07, 6.45) is 0. The third-order valence-corrected chi connectivity index (χ3v) is 12.7. The van der Waals surface area contributed by atoms with Crippen molar-refractivity contribution < 1.29 is 4.42 Å². The topological polar surface area (TPSA) is 29.3 Å². The first-order valence-corrected chi connectivity index (χ1v) is 19.7. The highest BCUT2D eigenvalue weighted by Gasteiger charge is 2.23. The molecule has 254 valence electrons. The molecule has 0 aliphatic heterocycles. The van der Waals surface area contributed by atoms with Gasteiger partial charge in [-0.1, -0.05) is 121 Å². The van der Waals surface area contributed by atoms with Gasteiger partial charge in [0, 0.05) is 62.7 Å². The van der Waals surface area contributed by atoms with Gasteiger partial charge in [-0.25, -0.2) is 4.98 Å². The number of hydrogen-bond donors (Lipinski definition) is 0. The van der Waals surface area contributed by atoms with Gasteiger partial charge in [0.1, 0.15) is 5.52 Å². The van der Waals surface area contributed by atoms with Gasteiger partial charge in [-0.2, -0.15) is 0 Å². The van der Waals surface area contributed by atoms with Crippen LogP contribution < -0.4 is 4.90 Å². The molecule has 8 aromatic carbocycles. The van der Waals surface area contributed by atoms with E-state index in [-0.39, 0.29) is 0 Å². The van der Waals surface area contributed by atoms with Crippen LogP contribution in [0.15, 0.2) is 186 Å². The molecule has 11 aromatic rings. The van der Waals surface area contributed by atoms with Crippen LogP contribution in [0.4, 0.5) is 17.1 Å². The third kappa shape index (κ3) is 4.97. The lowest BCUT2D eigenvalue weighted by Crippen LogP contribution is -2.11. The first kappa shape index (κ1) is 31.0. The van der Waals surface area contributed by atoms with Gasteiger partial charge < -0.3 is 9.32 Å². The van der Waals surface area contributed by atoms with E-state index in [0.717, 1.165) is 50.2 Å². The SMILES string of the molecule is c1ccc(-c2nc3cc(-c4ccc(N(c5ccccc5-c5ccccc5)c5cccc6sc7ccccc7c56)cc4)c4sc5ccccc5c4c3o2)cc1. The van der Waals surface area contributed by atoms with E-state index in [1.165, 1.54) is 46.1 Å². The summed E-state index contributed by atoms with van der Waals surface area (Å²) >= 11 is 3.66. The largest absolute Gasteiger partial charge is 0.435 e. The minimum absolute atomic E-state index is 0.637. The summed E-state index contributed by atoms with van der Waals surface area (Å²) < 4.78 is 11.6. The van der Waals surface area contributed by atoms with Gasteiger partial charge in [0.2, 0.25) is 5.89 Å². The Balaban J connectivity index is 1.13. The molecule has 0 N–H and O–H groups in total. The summed E-state index contributed by atoms with van der Waals surface area (Å²) in [6, 6.07) is 64.9. The Hall–Kier alpha value is -6.53. The van der Waals surface area contributed by atoms with Gasteiger partial charge in [-0.3, -0.25) is 0 Å². The molecule has 5 heteroatoms. The molecular weight excluding hydrogens is 697 g/mol. The van der Waals surface area contributed by atoms with Crippen molar-refractivity contribution in [3.63, 3.8) is 0 Å². The van der Waals surface area contributed by atoms with Crippen molar-refractivity contribution in [3.05, 3.63) is 182 Å². The second-order valence-electron chi connectivity index (χ2n) is 13.5. The maximum absolute atomic E-state index is 6.57. The Labute approximate surface area is 319 Å². The molecule has 54 heavy (non-hydrogen) atoms. The maximum atomic E-state index is 6.57. The highest BCUT2D eigenvalue weighted by Crippen LogP contribution is 2.49. The van der Waals surface area contributed by atoms with E-state index in [4.69, 9.17) is 9.40 Å². The zero-order chi connectivity index (χ0) is 35.6. The first-order chi connectivity index (χ1) is 26.8. The summed E-state index contributed by atoms with van der Waals surface area (Å²) in [6.45, 7) is 0. The van der Waals surface area contributed by atoms with Gasteiger partial charge in [0.25, 0.3) is 0 Å². The quantitative estimate of drug-likeness (QED) is 0.171. The van der Waals surface area contributed by atoms with Crippen molar-refractivity contribution >= 4 is 91.2 Å². The molecule has 0 saturated heterocycles. The van der Waals surface area contributed by atoms with Crippen molar-refractivity contribution in [1.82, 2.24) is 4.98 Å². The number of rotatable bonds is 6. The minimum Gasteiger partial charge on any atom is -0.435 e. The molecule has 0 amide bonds. The Morgan fingerprint density at radius 2 is 1.04 bits per heavy atom. The molecule has 0 unspecified atom stereocenters. The molecule has 3 heterocycles. The predicted molar refractivity (Wildman–Crippen MR) is 231 cm³/mol. The van der Waals surface area contributed by atoms with Gasteiger partial charge in [-0.05, 0) is 71.8 Å². The van der Waals surface area contributed by atoms with Crippen molar-refractivity contribution in [2.45, 2.75) is 0 Å². The minimum atomic E-state index is 0.637. The summed E-state index contributed by atoms with van der Waals surface area (Å²) in [7, 11) is 0. The number of anilines is 3. The standard InChI is InChI=1S/C49H30N2OS2/c1-3-14-31(15-4-1)35-18-7-10-21-40(35)51(41-22-13-25-44-45(41)36-19-8-11-23-42(36)53-44)34-28-26-32(27-29-34)38-30-39-47(52-49(50-39)33-16-5-2-6-17-33)46-37-20-9-12-24-43(37)54-48(38)46/h1-30H. The van der Waals surface area contributed by atoms with Crippen LogP contribution in [0.2, 0.25) is 0 Å². The summed E-state index contributed by atoms with van der Waals surface area (Å²) in [4.78, 5) is 7.49. The van der Waals surface area contributed by atoms with E-state index in [9.17, 15) is 0 Å². The van der Waals surface area contributed by atoms with E-state index < -0.39 is 0 Å². The fourth-order valence-electron chi connectivity index (χ4n) is 7.86. The highest BCUT2D eigenvalue weighted by atomic mass is 32.1. The van der Waals surface area contributed by atoms with Crippen molar-refractivity contribution in [1.29, 1.82) is 0 Å². The van der Waals surface area contributed by atoms with Crippen LogP contribution >= 0.6 is 22.7 Å². The Bertz CT molecular complexity index is 3160.